The molecule has 0 radical (unpaired) electrons. The molecule has 6 nitrogen and oxygen atoms in total. The number of nitro groups is 1. The highest BCUT2D eigenvalue weighted by Gasteiger charge is 2.10. The van der Waals surface area contributed by atoms with Crippen molar-refractivity contribution in [3.8, 4) is 5.75 Å². The summed E-state index contributed by atoms with van der Waals surface area (Å²) in [6, 6.07) is 9.13. The predicted octanol–water partition coefficient (Wildman–Crippen LogP) is 3.01. The van der Waals surface area contributed by atoms with E-state index in [2.05, 4.69) is 0 Å². The molecule has 0 aromatic heterocycles. The summed E-state index contributed by atoms with van der Waals surface area (Å²) in [5.74, 6) is -1.79. The highest BCUT2D eigenvalue weighted by molar-refractivity contribution is 5.87. The van der Waals surface area contributed by atoms with Crippen LogP contribution in [0.5, 0.6) is 5.75 Å². The van der Waals surface area contributed by atoms with Crippen LogP contribution in [0.15, 0.2) is 42.5 Å². The van der Waals surface area contributed by atoms with Crippen molar-refractivity contribution in [1.82, 2.24) is 0 Å². The molecule has 2 aromatic rings. The van der Waals surface area contributed by atoms with E-state index < -0.39 is 22.3 Å². The number of aromatic carboxylic acids is 1. The highest BCUT2D eigenvalue weighted by atomic mass is 19.1. The number of nitrogens with zero attached hydrogens (tertiary/aromatic N) is 1. The quantitative estimate of drug-likeness (QED) is 0.675. The Labute approximate surface area is 118 Å². The first kappa shape index (κ1) is 14.4. The number of halogens is 1. The monoisotopic (exact) mass is 291 g/mol. The number of carboxylic acids is 1. The lowest BCUT2D eigenvalue weighted by molar-refractivity contribution is -0.384. The summed E-state index contributed by atoms with van der Waals surface area (Å²) in [6.45, 7) is 0.0225. The number of hydrogen-bond acceptors (Lipinski definition) is 4. The van der Waals surface area contributed by atoms with Gasteiger partial charge in [-0.25, -0.2) is 9.18 Å². The van der Waals surface area contributed by atoms with Gasteiger partial charge in [0, 0.05) is 12.1 Å². The van der Waals surface area contributed by atoms with Crippen LogP contribution in [0, 0.1) is 15.9 Å². The normalized spacial score (nSPS) is 10.1. The second kappa shape index (κ2) is 6.00. The number of nitro benzene ring substituents is 1. The molecule has 1 N–H and O–H groups in total. The average molecular weight is 291 g/mol. The molecule has 7 heteroatoms. The lowest BCUT2D eigenvalue weighted by atomic mass is 10.1. The summed E-state index contributed by atoms with van der Waals surface area (Å²) in [7, 11) is 0. The van der Waals surface area contributed by atoms with Gasteiger partial charge in [0.2, 0.25) is 0 Å². The van der Waals surface area contributed by atoms with Crippen molar-refractivity contribution in [3.63, 3.8) is 0 Å². The van der Waals surface area contributed by atoms with Gasteiger partial charge in [0.15, 0.2) is 0 Å². The van der Waals surface area contributed by atoms with E-state index in [-0.39, 0.29) is 12.3 Å². The number of carboxylic acid groups (broad SMARTS) is 1. The molecule has 108 valence electrons. The van der Waals surface area contributed by atoms with E-state index in [0.29, 0.717) is 11.3 Å². The first-order chi connectivity index (χ1) is 9.97. The molecule has 0 atom stereocenters. The Morgan fingerprint density at radius 1 is 1.24 bits per heavy atom. The summed E-state index contributed by atoms with van der Waals surface area (Å²) >= 11 is 0. The fourth-order valence-electron chi connectivity index (χ4n) is 1.65. The fourth-order valence-corrected chi connectivity index (χ4v) is 1.65. The smallest absolute Gasteiger partial charge is 0.338 e. The molecule has 2 rings (SSSR count). The Hall–Kier alpha value is -2.96. The Morgan fingerprint density at radius 3 is 2.43 bits per heavy atom. The highest BCUT2D eigenvalue weighted by Crippen LogP contribution is 2.19. The van der Waals surface area contributed by atoms with Crippen LogP contribution in [0.1, 0.15) is 15.9 Å². The summed E-state index contributed by atoms with van der Waals surface area (Å²) in [4.78, 5) is 20.6. The third-order valence-electron chi connectivity index (χ3n) is 2.72. The second-order valence-electron chi connectivity index (χ2n) is 4.16. The number of ether oxygens (including phenoxy) is 1. The topological polar surface area (TPSA) is 89.7 Å². The third kappa shape index (κ3) is 3.53. The molecule has 0 aliphatic heterocycles. The maximum atomic E-state index is 13.5. The Balaban J connectivity index is 2.04. The van der Waals surface area contributed by atoms with Crippen LogP contribution in [-0.4, -0.2) is 16.0 Å². The van der Waals surface area contributed by atoms with E-state index in [4.69, 9.17) is 9.84 Å². The predicted molar refractivity (Wildman–Crippen MR) is 70.8 cm³/mol. The van der Waals surface area contributed by atoms with E-state index >= 15 is 0 Å². The maximum absolute atomic E-state index is 13.5. The van der Waals surface area contributed by atoms with Crippen molar-refractivity contribution >= 4 is 11.7 Å². The Bertz CT molecular complexity index is 684. The van der Waals surface area contributed by atoms with Gasteiger partial charge in [-0.1, -0.05) is 6.07 Å². The van der Waals surface area contributed by atoms with Crippen LogP contribution in [0.4, 0.5) is 10.1 Å². The Kier molecular flexibility index (Phi) is 4.13. The van der Waals surface area contributed by atoms with Gasteiger partial charge < -0.3 is 9.84 Å². The molecule has 21 heavy (non-hydrogen) atoms. The lowest BCUT2D eigenvalue weighted by Gasteiger charge is -2.07. The van der Waals surface area contributed by atoms with Gasteiger partial charge in [-0.05, 0) is 29.8 Å². The minimum absolute atomic E-state index is 0.0225. The molecule has 0 aliphatic rings. The van der Waals surface area contributed by atoms with Gasteiger partial charge in [0.25, 0.3) is 5.69 Å². The zero-order chi connectivity index (χ0) is 15.4. The van der Waals surface area contributed by atoms with E-state index in [1.165, 1.54) is 30.3 Å². The number of rotatable bonds is 5. The standard InChI is InChI=1S/C14H10FNO5/c15-13-7-9(1-6-12(13)14(17)18)8-21-11-4-2-10(3-5-11)16(19)20/h1-7H,8H2,(H,17,18). The zero-order valence-electron chi connectivity index (χ0n) is 10.7. The van der Waals surface area contributed by atoms with E-state index in [9.17, 15) is 19.3 Å². The number of benzene rings is 2. The van der Waals surface area contributed by atoms with E-state index in [1.807, 2.05) is 0 Å². The fraction of sp³-hybridized carbons (Fsp3) is 0.0714. The van der Waals surface area contributed by atoms with Crippen LogP contribution in [-0.2, 0) is 6.61 Å². The molecule has 0 bridgehead atoms. The van der Waals surface area contributed by atoms with Crippen molar-refractivity contribution in [2.24, 2.45) is 0 Å². The number of non-ortho nitro benzene ring substituents is 1. The maximum Gasteiger partial charge on any atom is 0.338 e. The SMILES string of the molecule is O=C(O)c1ccc(COc2ccc([N+](=O)[O-])cc2)cc1F. The molecule has 0 aliphatic carbocycles. The molecule has 0 amide bonds. The van der Waals surface area contributed by atoms with Gasteiger partial charge in [-0.15, -0.1) is 0 Å². The molecular formula is C14H10FNO5. The van der Waals surface area contributed by atoms with Gasteiger partial charge in [0.05, 0.1) is 10.5 Å². The largest absolute Gasteiger partial charge is 0.489 e. The molecule has 0 heterocycles. The van der Waals surface area contributed by atoms with Crippen LogP contribution in [0.2, 0.25) is 0 Å². The molecule has 0 saturated heterocycles. The molecule has 0 spiro atoms. The van der Waals surface area contributed by atoms with Crippen molar-refractivity contribution < 1.29 is 24.0 Å². The van der Waals surface area contributed by atoms with Crippen molar-refractivity contribution in [1.29, 1.82) is 0 Å². The third-order valence-corrected chi connectivity index (χ3v) is 2.72. The molecule has 2 aromatic carbocycles. The van der Waals surface area contributed by atoms with Crippen molar-refractivity contribution in [3.05, 3.63) is 69.5 Å². The summed E-state index contributed by atoms with van der Waals surface area (Å²) in [6.07, 6.45) is 0. The number of hydrogen-bond donors (Lipinski definition) is 1. The van der Waals surface area contributed by atoms with Gasteiger partial charge >= 0.3 is 5.97 Å². The summed E-state index contributed by atoms with van der Waals surface area (Å²) in [5, 5.41) is 19.2. The average Bonchev–Trinajstić information content (AvgIpc) is 2.45. The van der Waals surface area contributed by atoms with Gasteiger partial charge in [0.1, 0.15) is 18.2 Å². The molecule has 0 saturated carbocycles. The van der Waals surface area contributed by atoms with Gasteiger partial charge in [-0.3, -0.25) is 10.1 Å². The summed E-state index contributed by atoms with van der Waals surface area (Å²) in [5.41, 5.74) is -0.0101. The van der Waals surface area contributed by atoms with Crippen molar-refractivity contribution in [2.75, 3.05) is 0 Å². The molecule has 0 unspecified atom stereocenters. The minimum Gasteiger partial charge on any atom is -0.489 e. The molecular weight excluding hydrogens is 281 g/mol. The Morgan fingerprint density at radius 2 is 1.90 bits per heavy atom. The second-order valence-corrected chi connectivity index (χ2v) is 4.16. The van der Waals surface area contributed by atoms with Crippen molar-refractivity contribution in [2.45, 2.75) is 6.61 Å². The lowest BCUT2D eigenvalue weighted by Crippen LogP contribution is -2.03. The van der Waals surface area contributed by atoms with Crippen LogP contribution >= 0.6 is 0 Å². The first-order valence-electron chi connectivity index (χ1n) is 5.86. The van der Waals surface area contributed by atoms with E-state index in [1.54, 1.807) is 0 Å². The van der Waals surface area contributed by atoms with Crippen LogP contribution in [0.3, 0.4) is 0 Å². The van der Waals surface area contributed by atoms with Crippen LogP contribution < -0.4 is 4.74 Å². The van der Waals surface area contributed by atoms with E-state index in [0.717, 1.165) is 12.1 Å². The zero-order valence-corrected chi connectivity index (χ0v) is 10.7. The number of carbonyl (C=O) groups is 1. The molecule has 0 fully saturated rings. The van der Waals surface area contributed by atoms with Crippen LogP contribution in [0.25, 0.3) is 0 Å². The summed E-state index contributed by atoms with van der Waals surface area (Å²) < 4.78 is 18.8. The van der Waals surface area contributed by atoms with Gasteiger partial charge in [-0.2, -0.15) is 0 Å². The minimum atomic E-state index is -1.34. The first-order valence-corrected chi connectivity index (χ1v) is 5.86.